The lowest BCUT2D eigenvalue weighted by molar-refractivity contribution is -0.116. The molecule has 0 saturated carbocycles. The van der Waals surface area contributed by atoms with E-state index in [9.17, 15) is 14.0 Å². The number of hydrogen-bond acceptors (Lipinski definition) is 3. The Morgan fingerprint density at radius 2 is 2.06 bits per heavy atom. The lowest BCUT2D eigenvalue weighted by atomic mass is 10.1. The molecule has 92 valence electrons. The summed E-state index contributed by atoms with van der Waals surface area (Å²) in [4.78, 5) is 22.2. The van der Waals surface area contributed by atoms with E-state index in [-0.39, 0.29) is 17.9 Å². The molecule has 0 radical (unpaired) electrons. The fourth-order valence-corrected chi connectivity index (χ4v) is 1.28. The second kappa shape index (κ2) is 5.95. The Balaban J connectivity index is 2.75. The van der Waals surface area contributed by atoms with Crippen molar-refractivity contribution >= 4 is 17.5 Å². The fourth-order valence-electron chi connectivity index (χ4n) is 1.28. The van der Waals surface area contributed by atoms with Gasteiger partial charge in [0.1, 0.15) is 5.82 Å². The van der Waals surface area contributed by atoms with Crippen LogP contribution in [-0.2, 0) is 4.79 Å². The fraction of sp³-hybridized carbons (Fsp3) is 0.273. The predicted octanol–water partition coefficient (Wildman–Crippen LogP) is 0.602. The molecule has 0 spiro atoms. The van der Waals surface area contributed by atoms with Gasteiger partial charge in [0.25, 0.3) is 5.91 Å². The van der Waals surface area contributed by atoms with Crippen molar-refractivity contribution in [2.75, 3.05) is 11.9 Å². The van der Waals surface area contributed by atoms with Gasteiger partial charge >= 0.3 is 0 Å². The first kappa shape index (κ1) is 13.1. The van der Waals surface area contributed by atoms with Crippen molar-refractivity contribution in [1.29, 1.82) is 0 Å². The number of amides is 2. The first-order valence-electron chi connectivity index (χ1n) is 5.14. The Morgan fingerprint density at radius 3 is 2.65 bits per heavy atom. The van der Waals surface area contributed by atoms with Gasteiger partial charge in [0, 0.05) is 12.1 Å². The van der Waals surface area contributed by atoms with Crippen LogP contribution in [0.3, 0.4) is 0 Å². The number of hydrogen-bond donors (Lipinski definition) is 3. The molecule has 0 aliphatic rings. The SMILES string of the molecule is NCCCC(=O)Nc1ccc(F)c(C(N)=O)c1. The first-order valence-corrected chi connectivity index (χ1v) is 5.14. The average Bonchev–Trinajstić information content (AvgIpc) is 2.28. The van der Waals surface area contributed by atoms with Gasteiger partial charge in [-0.05, 0) is 31.2 Å². The molecule has 0 saturated heterocycles. The summed E-state index contributed by atoms with van der Waals surface area (Å²) in [5.41, 5.74) is 10.3. The van der Waals surface area contributed by atoms with Gasteiger partial charge in [-0.25, -0.2) is 4.39 Å². The summed E-state index contributed by atoms with van der Waals surface area (Å²) in [5, 5.41) is 2.53. The van der Waals surface area contributed by atoms with E-state index in [4.69, 9.17) is 11.5 Å². The third-order valence-corrected chi connectivity index (χ3v) is 2.12. The predicted molar refractivity (Wildman–Crippen MR) is 61.8 cm³/mol. The number of carbonyl (C=O) groups excluding carboxylic acids is 2. The highest BCUT2D eigenvalue weighted by Crippen LogP contribution is 2.14. The zero-order chi connectivity index (χ0) is 12.8. The largest absolute Gasteiger partial charge is 0.366 e. The van der Waals surface area contributed by atoms with Gasteiger partial charge in [-0.3, -0.25) is 9.59 Å². The smallest absolute Gasteiger partial charge is 0.251 e. The molecule has 1 rings (SSSR count). The van der Waals surface area contributed by atoms with Crippen LogP contribution >= 0.6 is 0 Å². The number of nitrogens with one attached hydrogen (secondary N) is 1. The van der Waals surface area contributed by atoms with Gasteiger partial charge in [-0.1, -0.05) is 0 Å². The van der Waals surface area contributed by atoms with Crippen molar-refractivity contribution < 1.29 is 14.0 Å². The van der Waals surface area contributed by atoms with Crippen LogP contribution in [0.25, 0.3) is 0 Å². The summed E-state index contributed by atoms with van der Waals surface area (Å²) in [6.45, 7) is 0.420. The molecule has 17 heavy (non-hydrogen) atoms. The molecule has 6 heteroatoms. The second-order valence-corrected chi connectivity index (χ2v) is 3.50. The first-order chi connectivity index (χ1) is 8.04. The van der Waals surface area contributed by atoms with Crippen LogP contribution in [0.15, 0.2) is 18.2 Å². The average molecular weight is 239 g/mol. The van der Waals surface area contributed by atoms with Crippen molar-refractivity contribution in [3.8, 4) is 0 Å². The molecular formula is C11H14FN3O2. The highest BCUT2D eigenvalue weighted by atomic mass is 19.1. The topological polar surface area (TPSA) is 98.2 Å². The minimum Gasteiger partial charge on any atom is -0.366 e. The molecule has 0 bridgehead atoms. The number of primary amides is 1. The Hall–Kier alpha value is -1.95. The van der Waals surface area contributed by atoms with Crippen LogP contribution in [0.4, 0.5) is 10.1 Å². The Bertz CT molecular complexity index is 435. The Kier molecular flexibility index (Phi) is 4.59. The zero-order valence-corrected chi connectivity index (χ0v) is 9.20. The van der Waals surface area contributed by atoms with Crippen LogP contribution in [-0.4, -0.2) is 18.4 Å². The van der Waals surface area contributed by atoms with Crippen LogP contribution in [0.2, 0.25) is 0 Å². The second-order valence-electron chi connectivity index (χ2n) is 3.50. The zero-order valence-electron chi connectivity index (χ0n) is 9.20. The van der Waals surface area contributed by atoms with Crippen molar-refractivity contribution in [1.82, 2.24) is 0 Å². The van der Waals surface area contributed by atoms with Crippen molar-refractivity contribution in [3.63, 3.8) is 0 Å². The minimum absolute atomic E-state index is 0.238. The van der Waals surface area contributed by atoms with Gasteiger partial charge in [0.05, 0.1) is 5.56 Å². The van der Waals surface area contributed by atoms with E-state index in [1.807, 2.05) is 0 Å². The number of benzene rings is 1. The highest BCUT2D eigenvalue weighted by Gasteiger charge is 2.10. The van der Waals surface area contributed by atoms with E-state index in [1.165, 1.54) is 12.1 Å². The van der Waals surface area contributed by atoms with Gasteiger partial charge in [-0.2, -0.15) is 0 Å². The lowest BCUT2D eigenvalue weighted by Crippen LogP contribution is -2.16. The molecule has 0 aliphatic heterocycles. The van der Waals surface area contributed by atoms with Gasteiger partial charge < -0.3 is 16.8 Å². The number of nitrogens with two attached hydrogens (primary N) is 2. The van der Waals surface area contributed by atoms with Crippen molar-refractivity contribution in [3.05, 3.63) is 29.6 Å². The van der Waals surface area contributed by atoms with Crippen LogP contribution < -0.4 is 16.8 Å². The number of carbonyl (C=O) groups is 2. The van der Waals surface area contributed by atoms with Gasteiger partial charge in [-0.15, -0.1) is 0 Å². The molecule has 0 aliphatic carbocycles. The van der Waals surface area contributed by atoms with Gasteiger partial charge in [0.15, 0.2) is 0 Å². The van der Waals surface area contributed by atoms with Crippen molar-refractivity contribution in [2.24, 2.45) is 11.5 Å². The Labute approximate surface area is 98.0 Å². The standard InChI is InChI=1S/C11H14FN3O2/c12-9-4-3-7(6-8(9)11(14)17)15-10(16)2-1-5-13/h3-4,6H,1-2,5,13H2,(H2,14,17)(H,15,16). The molecule has 0 fully saturated rings. The monoisotopic (exact) mass is 239 g/mol. The number of rotatable bonds is 5. The lowest BCUT2D eigenvalue weighted by Gasteiger charge is -2.06. The summed E-state index contributed by atoms with van der Waals surface area (Å²) in [6.07, 6.45) is 0.843. The Morgan fingerprint density at radius 1 is 1.35 bits per heavy atom. The van der Waals surface area contributed by atoms with Crippen LogP contribution in [0, 0.1) is 5.82 Å². The summed E-state index contributed by atoms with van der Waals surface area (Å²) in [6, 6.07) is 3.65. The maximum absolute atomic E-state index is 13.1. The minimum atomic E-state index is -0.874. The molecule has 5 nitrogen and oxygen atoms in total. The van der Waals surface area contributed by atoms with E-state index in [2.05, 4.69) is 5.32 Å². The quantitative estimate of drug-likeness (QED) is 0.701. The van der Waals surface area contributed by atoms with E-state index >= 15 is 0 Å². The molecule has 0 atom stereocenters. The molecule has 1 aromatic carbocycles. The van der Waals surface area contributed by atoms with E-state index in [1.54, 1.807) is 0 Å². The normalized spacial score (nSPS) is 10.0. The molecule has 0 aromatic heterocycles. The van der Waals surface area contributed by atoms with Crippen LogP contribution in [0.1, 0.15) is 23.2 Å². The maximum Gasteiger partial charge on any atom is 0.251 e. The summed E-state index contributed by atoms with van der Waals surface area (Å²) in [5.74, 6) is -1.82. The van der Waals surface area contributed by atoms with Crippen LogP contribution in [0.5, 0.6) is 0 Å². The summed E-state index contributed by atoms with van der Waals surface area (Å²) >= 11 is 0. The van der Waals surface area contributed by atoms with Crippen molar-refractivity contribution in [2.45, 2.75) is 12.8 Å². The van der Waals surface area contributed by atoms with E-state index in [0.717, 1.165) is 6.07 Å². The third-order valence-electron chi connectivity index (χ3n) is 2.12. The number of halogens is 1. The molecule has 1 aromatic rings. The summed E-state index contributed by atoms with van der Waals surface area (Å²) < 4.78 is 13.1. The summed E-state index contributed by atoms with van der Waals surface area (Å²) in [7, 11) is 0. The van der Waals surface area contributed by atoms with Gasteiger partial charge in [0.2, 0.25) is 5.91 Å². The molecular weight excluding hydrogens is 225 g/mol. The van der Waals surface area contributed by atoms with E-state index in [0.29, 0.717) is 18.7 Å². The maximum atomic E-state index is 13.1. The van der Waals surface area contributed by atoms with E-state index < -0.39 is 11.7 Å². The molecule has 5 N–H and O–H groups in total. The highest BCUT2D eigenvalue weighted by molar-refractivity contribution is 5.96. The third kappa shape index (κ3) is 3.84. The molecule has 2 amide bonds. The number of anilines is 1. The molecule has 0 unspecified atom stereocenters. The molecule has 0 heterocycles.